The van der Waals surface area contributed by atoms with E-state index < -0.39 is 5.82 Å². The van der Waals surface area contributed by atoms with Crippen LogP contribution >= 0.6 is 0 Å². The molecule has 0 unspecified atom stereocenters. The Labute approximate surface area is 163 Å². The highest BCUT2D eigenvalue weighted by atomic mass is 19.1. The van der Waals surface area contributed by atoms with Gasteiger partial charge in [-0.3, -0.25) is 0 Å². The predicted molar refractivity (Wildman–Crippen MR) is 109 cm³/mol. The summed E-state index contributed by atoms with van der Waals surface area (Å²) in [6, 6.07) is 15.6. The van der Waals surface area contributed by atoms with E-state index in [4.69, 9.17) is 5.26 Å². The van der Waals surface area contributed by atoms with E-state index in [1.807, 2.05) is 12.1 Å². The van der Waals surface area contributed by atoms with Gasteiger partial charge in [0.2, 0.25) is 0 Å². The Kier molecular flexibility index (Phi) is 7.04. The maximum atomic E-state index is 13.8. The lowest BCUT2D eigenvalue weighted by Gasteiger charge is -2.29. The molecule has 1 aliphatic rings. The van der Waals surface area contributed by atoms with Crippen LogP contribution in [0.3, 0.4) is 0 Å². The first-order valence-electron chi connectivity index (χ1n) is 10.5. The summed E-state index contributed by atoms with van der Waals surface area (Å²) >= 11 is 0. The summed E-state index contributed by atoms with van der Waals surface area (Å²) in [7, 11) is 0. The zero-order chi connectivity index (χ0) is 19.1. The van der Waals surface area contributed by atoms with Crippen LogP contribution in [0.15, 0.2) is 42.5 Å². The second kappa shape index (κ2) is 9.70. The smallest absolute Gasteiger partial charge is 0.141 e. The molecule has 0 bridgehead atoms. The fourth-order valence-electron chi connectivity index (χ4n) is 4.37. The van der Waals surface area contributed by atoms with E-state index in [0.717, 1.165) is 11.5 Å². The molecule has 2 aromatic rings. The standard InChI is InChI=1S/C25H30FN/c1-2-3-4-5-19-6-11-22(12-7-19)23-13-8-20(9-14-23)16-21-10-15-24(18-27)25(26)17-21/h8-10,13-15,17,19,22H,2-7,11-12,16H2,1H3. The zero-order valence-electron chi connectivity index (χ0n) is 16.4. The van der Waals surface area contributed by atoms with Crippen LogP contribution in [0.5, 0.6) is 0 Å². The Balaban J connectivity index is 1.53. The van der Waals surface area contributed by atoms with Gasteiger partial charge < -0.3 is 0 Å². The summed E-state index contributed by atoms with van der Waals surface area (Å²) in [5.41, 5.74) is 3.67. The van der Waals surface area contributed by atoms with E-state index in [1.54, 1.807) is 6.07 Å². The number of hydrogen-bond donors (Lipinski definition) is 0. The van der Waals surface area contributed by atoms with Gasteiger partial charge in [-0.15, -0.1) is 0 Å². The molecule has 2 aromatic carbocycles. The first-order valence-corrected chi connectivity index (χ1v) is 10.5. The van der Waals surface area contributed by atoms with Crippen molar-refractivity contribution in [3.8, 4) is 6.07 Å². The Morgan fingerprint density at radius 2 is 1.67 bits per heavy atom. The first-order chi connectivity index (χ1) is 13.2. The molecule has 27 heavy (non-hydrogen) atoms. The summed E-state index contributed by atoms with van der Waals surface area (Å²) in [6.07, 6.45) is 11.6. The molecule has 142 valence electrons. The van der Waals surface area contributed by atoms with Crippen LogP contribution < -0.4 is 0 Å². The predicted octanol–water partition coefficient (Wildman–Crippen LogP) is 7.14. The first kappa shape index (κ1) is 19.6. The highest BCUT2D eigenvalue weighted by Gasteiger charge is 2.21. The average Bonchev–Trinajstić information content (AvgIpc) is 2.70. The minimum atomic E-state index is -0.428. The number of halogens is 1. The van der Waals surface area contributed by atoms with Crippen molar-refractivity contribution in [2.24, 2.45) is 5.92 Å². The summed E-state index contributed by atoms with van der Waals surface area (Å²) in [4.78, 5) is 0. The lowest BCUT2D eigenvalue weighted by molar-refractivity contribution is 0.303. The SMILES string of the molecule is CCCCCC1CCC(c2ccc(Cc3ccc(C#N)c(F)c3)cc2)CC1. The van der Waals surface area contributed by atoms with Crippen molar-refractivity contribution in [3.05, 3.63) is 70.5 Å². The van der Waals surface area contributed by atoms with Crippen LogP contribution in [0, 0.1) is 23.1 Å². The lowest BCUT2D eigenvalue weighted by Crippen LogP contribution is -2.13. The van der Waals surface area contributed by atoms with Gasteiger partial charge in [-0.1, -0.05) is 62.9 Å². The van der Waals surface area contributed by atoms with Gasteiger partial charge in [0, 0.05) is 0 Å². The van der Waals surface area contributed by atoms with Gasteiger partial charge in [0.25, 0.3) is 0 Å². The Morgan fingerprint density at radius 3 is 2.30 bits per heavy atom. The van der Waals surface area contributed by atoms with Crippen LogP contribution in [0.25, 0.3) is 0 Å². The summed E-state index contributed by atoms with van der Waals surface area (Å²) < 4.78 is 13.8. The highest BCUT2D eigenvalue weighted by molar-refractivity contribution is 5.36. The number of benzene rings is 2. The van der Waals surface area contributed by atoms with Crippen LogP contribution in [0.2, 0.25) is 0 Å². The molecular formula is C25H30FN. The summed E-state index contributed by atoms with van der Waals surface area (Å²) in [6.45, 7) is 2.28. The second-order valence-electron chi connectivity index (χ2n) is 8.06. The van der Waals surface area contributed by atoms with E-state index in [2.05, 4.69) is 31.2 Å². The topological polar surface area (TPSA) is 23.8 Å². The van der Waals surface area contributed by atoms with Gasteiger partial charge in [-0.25, -0.2) is 4.39 Å². The van der Waals surface area contributed by atoms with E-state index in [9.17, 15) is 4.39 Å². The minimum Gasteiger partial charge on any atom is -0.206 e. The molecule has 0 radical (unpaired) electrons. The van der Waals surface area contributed by atoms with E-state index >= 15 is 0 Å². The van der Waals surface area contributed by atoms with Gasteiger partial charge in [0.1, 0.15) is 11.9 Å². The van der Waals surface area contributed by atoms with Crippen molar-refractivity contribution >= 4 is 0 Å². The maximum Gasteiger partial charge on any atom is 0.141 e. The molecule has 0 spiro atoms. The molecule has 2 heteroatoms. The molecule has 0 heterocycles. The van der Waals surface area contributed by atoms with E-state index in [1.165, 1.54) is 68.6 Å². The van der Waals surface area contributed by atoms with Crippen molar-refractivity contribution < 1.29 is 4.39 Å². The number of nitriles is 1. The van der Waals surface area contributed by atoms with Gasteiger partial charge in [-0.2, -0.15) is 5.26 Å². The molecule has 3 rings (SSSR count). The molecule has 0 aromatic heterocycles. The Morgan fingerprint density at radius 1 is 0.963 bits per heavy atom. The van der Waals surface area contributed by atoms with Crippen LogP contribution in [-0.2, 0) is 6.42 Å². The monoisotopic (exact) mass is 363 g/mol. The molecule has 0 atom stereocenters. The molecule has 1 nitrogen and oxygen atoms in total. The molecule has 1 aliphatic carbocycles. The summed E-state index contributed by atoms with van der Waals surface area (Å²) in [5.74, 6) is 1.22. The Hall–Kier alpha value is -2.14. The van der Waals surface area contributed by atoms with Crippen molar-refractivity contribution in [2.75, 3.05) is 0 Å². The van der Waals surface area contributed by atoms with E-state index in [-0.39, 0.29) is 5.56 Å². The largest absolute Gasteiger partial charge is 0.206 e. The number of hydrogen-bond acceptors (Lipinski definition) is 1. The fourth-order valence-corrected chi connectivity index (χ4v) is 4.37. The quantitative estimate of drug-likeness (QED) is 0.479. The average molecular weight is 364 g/mol. The molecule has 0 aliphatic heterocycles. The summed E-state index contributed by atoms with van der Waals surface area (Å²) in [5, 5.41) is 8.83. The molecule has 1 saturated carbocycles. The molecule has 1 fully saturated rings. The third-order valence-electron chi connectivity index (χ3n) is 6.08. The van der Waals surface area contributed by atoms with E-state index in [0.29, 0.717) is 12.3 Å². The van der Waals surface area contributed by atoms with Gasteiger partial charge in [0.15, 0.2) is 0 Å². The minimum absolute atomic E-state index is 0.111. The second-order valence-corrected chi connectivity index (χ2v) is 8.06. The third-order valence-corrected chi connectivity index (χ3v) is 6.08. The van der Waals surface area contributed by atoms with Crippen molar-refractivity contribution in [3.63, 3.8) is 0 Å². The fraction of sp³-hybridized carbons (Fsp3) is 0.480. The van der Waals surface area contributed by atoms with Gasteiger partial charge >= 0.3 is 0 Å². The van der Waals surface area contributed by atoms with Gasteiger partial charge in [-0.05, 0) is 72.8 Å². The third kappa shape index (κ3) is 5.42. The highest BCUT2D eigenvalue weighted by Crippen LogP contribution is 2.37. The van der Waals surface area contributed by atoms with Crippen molar-refractivity contribution in [1.82, 2.24) is 0 Å². The van der Waals surface area contributed by atoms with Crippen LogP contribution in [0.1, 0.15) is 86.5 Å². The lowest BCUT2D eigenvalue weighted by atomic mass is 9.77. The zero-order valence-corrected chi connectivity index (χ0v) is 16.4. The normalized spacial score (nSPS) is 19.6. The number of rotatable bonds is 7. The molecule has 0 amide bonds. The van der Waals surface area contributed by atoms with Gasteiger partial charge in [0.05, 0.1) is 5.56 Å². The molecule has 0 saturated heterocycles. The van der Waals surface area contributed by atoms with Crippen molar-refractivity contribution in [2.45, 2.75) is 70.6 Å². The number of unbranched alkanes of at least 4 members (excludes halogenated alkanes) is 2. The Bertz CT molecular complexity index is 764. The number of nitrogens with zero attached hydrogens (tertiary/aromatic N) is 1. The van der Waals surface area contributed by atoms with Crippen LogP contribution in [-0.4, -0.2) is 0 Å². The molecular weight excluding hydrogens is 333 g/mol. The van der Waals surface area contributed by atoms with Crippen LogP contribution in [0.4, 0.5) is 4.39 Å². The molecule has 0 N–H and O–H groups in total. The maximum absolute atomic E-state index is 13.8. The van der Waals surface area contributed by atoms with Crippen molar-refractivity contribution in [1.29, 1.82) is 5.26 Å².